The maximum Gasteiger partial charge on any atom is 0.118 e. The monoisotopic (exact) mass is 193 g/mol. The van der Waals surface area contributed by atoms with Gasteiger partial charge >= 0.3 is 0 Å². The summed E-state index contributed by atoms with van der Waals surface area (Å²) in [5, 5.41) is 0. The van der Waals surface area contributed by atoms with Gasteiger partial charge in [0.25, 0.3) is 0 Å². The van der Waals surface area contributed by atoms with Crippen LogP contribution < -0.4 is 5.73 Å². The Hall–Kier alpha value is -1.28. The quantitative estimate of drug-likeness (QED) is 0.749. The Labute approximate surface area is 86.9 Å². The Morgan fingerprint density at radius 2 is 1.86 bits per heavy atom. The lowest BCUT2D eigenvalue weighted by Crippen LogP contribution is -2.28. The SMILES string of the molecule is C=C(OC)c1ccc(C(C)(C)N)cc1.[HH]. The molecule has 0 saturated carbocycles. The zero-order valence-electron chi connectivity index (χ0n) is 9.00. The molecule has 14 heavy (non-hydrogen) atoms. The molecule has 0 aliphatic rings. The van der Waals surface area contributed by atoms with E-state index in [-0.39, 0.29) is 6.97 Å². The third kappa shape index (κ3) is 2.36. The predicted octanol–water partition coefficient (Wildman–Crippen LogP) is 2.74. The van der Waals surface area contributed by atoms with Gasteiger partial charge < -0.3 is 10.5 Å². The van der Waals surface area contributed by atoms with E-state index in [1.165, 1.54) is 0 Å². The second-order valence-corrected chi connectivity index (χ2v) is 3.93. The van der Waals surface area contributed by atoms with Gasteiger partial charge in [-0.15, -0.1) is 0 Å². The predicted molar refractivity (Wildman–Crippen MR) is 61.8 cm³/mol. The van der Waals surface area contributed by atoms with E-state index in [0.717, 1.165) is 11.1 Å². The van der Waals surface area contributed by atoms with Gasteiger partial charge in [0.1, 0.15) is 5.76 Å². The van der Waals surface area contributed by atoms with Crippen LogP contribution in [0.25, 0.3) is 5.76 Å². The van der Waals surface area contributed by atoms with Crippen molar-refractivity contribution >= 4 is 5.76 Å². The average molecular weight is 193 g/mol. The van der Waals surface area contributed by atoms with Crippen LogP contribution in [0.15, 0.2) is 30.8 Å². The van der Waals surface area contributed by atoms with E-state index >= 15 is 0 Å². The van der Waals surface area contributed by atoms with Crippen LogP contribution in [-0.4, -0.2) is 7.11 Å². The van der Waals surface area contributed by atoms with Crippen molar-refractivity contribution in [3.05, 3.63) is 42.0 Å². The first-order valence-electron chi connectivity index (χ1n) is 4.58. The highest BCUT2D eigenvalue weighted by Crippen LogP contribution is 2.20. The summed E-state index contributed by atoms with van der Waals surface area (Å²) in [6, 6.07) is 7.94. The molecule has 1 aromatic rings. The lowest BCUT2D eigenvalue weighted by molar-refractivity contribution is 0.371. The van der Waals surface area contributed by atoms with Crippen LogP contribution in [0.5, 0.6) is 0 Å². The fourth-order valence-electron chi connectivity index (χ4n) is 1.20. The van der Waals surface area contributed by atoms with Gasteiger partial charge in [0.05, 0.1) is 7.11 Å². The zero-order chi connectivity index (χ0) is 10.8. The molecule has 2 N–H and O–H groups in total. The molecule has 0 heterocycles. The summed E-state index contributed by atoms with van der Waals surface area (Å²) in [6.45, 7) is 7.74. The molecule has 0 unspecified atom stereocenters. The molecule has 0 aliphatic carbocycles. The third-order valence-electron chi connectivity index (χ3n) is 2.20. The van der Waals surface area contributed by atoms with E-state index in [9.17, 15) is 0 Å². The third-order valence-corrected chi connectivity index (χ3v) is 2.20. The van der Waals surface area contributed by atoms with Crippen LogP contribution in [0.1, 0.15) is 26.4 Å². The molecule has 0 bridgehead atoms. The van der Waals surface area contributed by atoms with Gasteiger partial charge in [-0.05, 0) is 19.4 Å². The smallest absolute Gasteiger partial charge is 0.118 e. The molecule has 0 saturated heterocycles. The summed E-state index contributed by atoms with van der Waals surface area (Å²) in [5.41, 5.74) is 7.75. The Kier molecular flexibility index (Phi) is 2.96. The highest BCUT2D eigenvalue weighted by atomic mass is 16.5. The summed E-state index contributed by atoms with van der Waals surface area (Å²) < 4.78 is 5.04. The number of ether oxygens (including phenoxy) is 1. The number of methoxy groups -OCH3 is 1. The zero-order valence-corrected chi connectivity index (χ0v) is 9.00. The fraction of sp³-hybridized carbons (Fsp3) is 0.333. The Morgan fingerprint density at radius 1 is 1.36 bits per heavy atom. The van der Waals surface area contributed by atoms with E-state index < -0.39 is 0 Å². The molecule has 0 fully saturated rings. The van der Waals surface area contributed by atoms with Crippen molar-refractivity contribution < 1.29 is 6.16 Å². The first kappa shape index (κ1) is 10.8. The highest BCUT2D eigenvalue weighted by molar-refractivity contribution is 5.57. The second kappa shape index (κ2) is 3.84. The van der Waals surface area contributed by atoms with Crippen LogP contribution >= 0.6 is 0 Å². The average Bonchev–Trinajstić information content (AvgIpc) is 2.15. The molecule has 0 aliphatic heterocycles. The topological polar surface area (TPSA) is 35.2 Å². The van der Waals surface area contributed by atoms with E-state index in [1.807, 2.05) is 38.1 Å². The number of hydrogen-bond acceptors (Lipinski definition) is 2. The fourth-order valence-corrected chi connectivity index (χ4v) is 1.20. The van der Waals surface area contributed by atoms with Gasteiger partial charge in [0, 0.05) is 12.5 Å². The number of nitrogens with two attached hydrogens (primary N) is 1. The molecular weight excluding hydrogens is 174 g/mol. The van der Waals surface area contributed by atoms with Gasteiger partial charge in [0.2, 0.25) is 0 Å². The Morgan fingerprint density at radius 3 is 2.21 bits per heavy atom. The van der Waals surface area contributed by atoms with Crippen LogP contribution in [0, 0.1) is 0 Å². The van der Waals surface area contributed by atoms with Crippen molar-refractivity contribution in [1.29, 1.82) is 0 Å². The molecule has 0 spiro atoms. The lowest BCUT2D eigenvalue weighted by Gasteiger charge is -2.19. The lowest BCUT2D eigenvalue weighted by atomic mass is 9.95. The van der Waals surface area contributed by atoms with Crippen LogP contribution in [-0.2, 0) is 10.3 Å². The van der Waals surface area contributed by atoms with E-state index in [4.69, 9.17) is 10.5 Å². The maximum absolute atomic E-state index is 5.96. The summed E-state index contributed by atoms with van der Waals surface area (Å²) in [7, 11) is 1.61. The Balaban J connectivity index is 0.00000196. The van der Waals surface area contributed by atoms with Crippen molar-refractivity contribution in [3.8, 4) is 0 Å². The molecule has 0 aromatic heterocycles. The molecule has 78 valence electrons. The minimum absolute atomic E-state index is 0. The van der Waals surface area contributed by atoms with Crippen molar-refractivity contribution in [1.82, 2.24) is 0 Å². The number of hydrogen-bond donors (Lipinski definition) is 1. The van der Waals surface area contributed by atoms with Gasteiger partial charge in [-0.25, -0.2) is 0 Å². The second-order valence-electron chi connectivity index (χ2n) is 3.93. The van der Waals surface area contributed by atoms with Crippen molar-refractivity contribution in [3.63, 3.8) is 0 Å². The molecule has 2 heteroatoms. The molecule has 0 amide bonds. The van der Waals surface area contributed by atoms with Crippen molar-refractivity contribution in [2.75, 3.05) is 7.11 Å². The summed E-state index contributed by atoms with van der Waals surface area (Å²) in [5.74, 6) is 0.673. The van der Waals surface area contributed by atoms with E-state index in [2.05, 4.69) is 6.58 Å². The van der Waals surface area contributed by atoms with Crippen LogP contribution in [0.4, 0.5) is 0 Å². The molecule has 0 atom stereocenters. The standard InChI is InChI=1S/C12H17NO.H2/c1-9(14-4)10-5-7-11(8-6-10)12(2,3)13;/h5-8H,1,13H2,2-4H3;1H. The summed E-state index contributed by atoms with van der Waals surface area (Å²) >= 11 is 0. The molecule has 2 nitrogen and oxygen atoms in total. The number of rotatable bonds is 3. The normalized spacial score (nSPS) is 11.1. The van der Waals surface area contributed by atoms with E-state index in [1.54, 1.807) is 7.11 Å². The van der Waals surface area contributed by atoms with Gasteiger partial charge in [-0.1, -0.05) is 30.8 Å². The van der Waals surface area contributed by atoms with Crippen LogP contribution in [0.2, 0.25) is 0 Å². The van der Waals surface area contributed by atoms with E-state index in [0.29, 0.717) is 5.76 Å². The highest BCUT2D eigenvalue weighted by Gasteiger charge is 2.13. The number of benzene rings is 1. The molecule has 1 rings (SSSR count). The van der Waals surface area contributed by atoms with Gasteiger partial charge in [0.15, 0.2) is 0 Å². The Bertz CT molecular complexity index is 324. The van der Waals surface area contributed by atoms with Crippen LogP contribution in [0.3, 0.4) is 0 Å². The molecule has 0 radical (unpaired) electrons. The largest absolute Gasteiger partial charge is 0.497 e. The summed E-state index contributed by atoms with van der Waals surface area (Å²) in [4.78, 5) is 0. The maximum atomic E-state index is 5.96. The molecule has 1 aromatic carbocycles. The molecular formula is C12H19NO. The first-order valence-corrected chi connectivity index (χ1v) is 4.58. The first-order chi connectivity index (χ1) is 6.45. The van der Waals surface area contributed by atoms with Crippen molar-refractivity contribution in [2.24, 2.45) is 5.73 Å². The van der Waals surface area contributed by atoms with Crippen molar-refractivity contribution in [2.45, 2.75) is 19.4 Å². The van der Waals surface area contributed by atoms with Gasteiger partial charge in [-0.3, -0.25) is 0 Å². The minimum atomic E-state index is -0.299. The van der Waals surface area contributed by atoms with Gasteiger partial charge in [-0.2, -0.15) is 0 Å². The minimum Gasteiger partial charge on any atom is -0.497 e. The summed E-state index contributed by atoms with van der Waals surface area (Å²) in [6.07, 6.45) is 0.